The van der Waals surface area contributed by atoms with Crippen molar-refractivity contribution in [2.75, 3.05) is 0 Å². The average Bonchev–Trinajstić information content (AvgIpc) is 2.28. The van der Waals surface area contributed by atoms with E-state index in [1.54, 1.807) is 19.2 Å². The molecular weight excluding hydrogens is 282 g/mol. The minimum atomic E-state index is -0.876. The Labute approximate surface area is 109 Å². The van der Waals surface area contributed by atoms with Gasteiger partial charge in [-0.25, -0.2) is 0 Å². The largest absolute Gasteiger partial charge is 0.334 e. The van der Waals surface area contributed by atoms with E-state index in [1.807, 2.05) is 13.8 Å². The van der Waals surface area contributed by atoms with Crippen LogP contribution in [0.4, 0.5) is 0 Å². The summed E-state index contributed by atoms with van der Waals surface area (Å²) in [5.41, 5.74) is -0.444. The standard InChI is InChI=1S/C12H14BrN3O/c1-8(2)12(3,7-14)16-11(17)9-4-10(13)6-15-5-9/h4-6,8H,1-3H3,(H,16,17). The van der Waals surface area contributed by atoms with Crippen molar-refractivity contribution in [2.45, 2.75) is 26.3 Å². The molecule has 1 aromatic heterocycles. The van der Waals surface area contributed by atoms with Crippen LogP contribution in [0.25, 0.3) is 0 Å². The maximum Gasteiger partial charge on any atom is 0.254 e. The summed E-state index contributed by atoms with van der Waals surface area (Å²) >= 11 is 3.25. The lowest BCUT2D eigenvalue weighted by Gasteiger charge is -2.27. The fourth-order valence-corrected chi connectivity index (χ4v) is 1.51. The molecule has 0 saturated carbocycles. The highest BCUT2D eigenvalue weighted by atomic mass is 79.9. The van der Waals surface area contributed by atoms with E-state index in [1.165, 1.54) is 6.20 Å². The molecule has 1 amide bonds. The van der Waals surface area contributed by atoms with Crippen molar-refractivity contribution < 1.29 is 4.79 Å². The van der Waals surface area contributed by atoms with Crippen LogP contribution in [-0.2, 0) is 0 Å². The molecule has 17 heavy (non-hydrogen) atoms. The summed E-state index contributed by atoms with van der Waals surface area (Å²) in [6.07, 6.45) is 3.07. The molecule has 1 aromatic rings. The van der Waals surface area contributed by atoms with Crippen LogP contribution < -0.4 is 5.32 Å². The first-order valence-corrected chi connectivity index (χ1v) is 6.02. The molecule has 90 valence electrons. The number of pyridine rings is 1. The molecular formula is C12H14BrN3O. The molecule has 0 fully saturated rings. The lowest BCUT2D eigenvalue weighted by molar-refractivity contribution is 0.0907. The Balaban J connectivity index is 2.90. The van der Waals surface area contributed by atoms with Gasteiger partial charge in [-0.15, -0.1) is 0 Å². The Morgan fingerprint density at radius 2 is 2.24 bits per heavy atom. The maximum absolute atomic E-state index is 12.0. The number of carbonyl (C=O) groups excluding carboxylic acids is 1. The lowest BCUT2D eigenvalue weighted by Crippen LogP contribution is -2.48. The van der Waals surface area contributed by atoms with Crippen molar-refractivity contribution >= 4 is 21.8 Å². The van der Waals surface area contributed by atoms with E-state index in [9.17, 15) is 4.79 Å². The Morgan fingerprint density at radius 3 is 2.71 bits per heavy atom. The number of nitriles is 1. The van der Waals surface area contributed by atoms with Crippen LogP contribution >= 0.6 is 15.9 Å². The summed E-state index contributed by atoms with van der Waals surface area (Å²) in [6, 6.07) is 3.80. The summed E-state index contributed by atoms with van der Waals surface area (Å²) in [5, 5.41) is 11.8. The van der Waals surface area contributed by atoms with E-state index in [0.29, 0.717) is 5.56 Å². The van der Waals surface area contributed by atoms with Gasteiger partial charge in [0.2, 0.25) is 0 Å². The molecule has 0 aromatic carbocycles. The van der Waals surface area contributed by atoms with Crippen LogP contribution in [0.15, 0.2) is 22.9 Å². The number of amides is 1. The summed E-state index contributed by atoms with van der Waals surface area (Å²) in [7, 11) is 0. The van der Waals surface area contributed by atoms with Crippen LogP contribution in [0.2, 0.25) is 0 Å². The molecule has 1 rings (SSSR count). The number of hydrogen-bond donors (Lipinski definition) is 1. The zero-order valence-corrected chi connectivity index (χ0v) is 11.6. The number of nitrogens with one attached hydrogen (secondary N) is 1. The van der Waals surface area contributed by atoms with Gasteiger partial charge in [0.05, 0.1) is 11.6 Å². The molecule has 1 heterocycles. The molecule has 4 nitrogen and oxygen atoms in total. The van der Waals surface area contributed by atoms with Gasteiger partial charge in [0.1, 0.15) is 5.54 Å². The van der Waals surface area contributed by atoms with Gasteiger partial charge in [-0.2, -0.15) is 5.26 Å². The number of nitrogens with zero attached hydrogens (tertiary/aromatic N) is 2. The number of halogens is 1. The molecule has 0 aliphatic carbocycles. The average molecular weight is 296 g/mol. The minimum absolute atomic E-state index is 0.0246. The number of carbonyl (C=O) groups is 1. The third-order valence-corrected chi connectivity index (χ3v) is 3.16. The van der Waals surface area contributed by atoms with Gasteiger partial charge in [-0.1, -0.05) is 13.8 Å². The first-order chi connectivity index (χ1) is 7.89. The Morgan fingerprint density at radius 1 is 1.59 bits per heavy atom. The van der Waals surface area contributed by atoms with E-state index in [2.05, 4.69) is 32.3 Å². The maximum atomic E-state index is 12.0. The molecule has 1 atom stereocenters. The normalized spacial score (nSPS) is 13.9. The van der Waals surface area contributed by atoms with Gasteiger partial charge in [0.25, 0.3) is 5.91 Å². The quantitative estimate of drug-likeness (QED) is 0.932. The number of hydrogen-bond acceptors (Lipinski definition) is 3. The zero-order valence-electron chi connectivity index (χ0n) is 9.99. The Hall–Kier alpha value is -1.41. The molecule has 0 aliphatic rings. The molecule has 1 unspecified atom stereocenters. The van der Waals surface area contributed by atoms with Crippen molar-refractivity contribution in [1.29, 1.82) is 5.26 Å². The highest BCUT2D eigenvalue weighted by molar-refractivity contribution is 9.10. The Kier molecular flexibility index (Phi) is 4.24. The predicted octanol–water partition coefficient (Wildman–Crippen LogP) is 2.51. The van der Waals surface area contributed by atoms with Crippen LogP contribution in [0.3, 0.4) is 0 Å². The monoisotopic (exact) mass is 295 g/mol. The van der Waals surface area contributed by atoms with Crippen LogP contribution in [0, 0.1) is 17.2 Å². The van der Waals surface area contributed by atoms with Gasteiger partial charge in [-0.05, 0) is 34.8 Å². The minimum Gasteiger partial charge on any atom is -0.334 e. The highest BCUT2D eigenvalue weighted by Crippen LogP contribution is 2.17. The van der Waals surface area contributed by atoms with Crippen LogP contribution in [0.1, 0.15) is 31.1 Å². The Bertz CT molecular complexity index is 467. The summed E-state index contributed by atoms with van der Waals surface area (Å²) < 4.78 is 0.730. The third kappa shape index (κ3) is 3.27. The summed E-state index contributed by atoms with van der Waals surface area (Å²) in [6.45, 7) is 5.49. The van der Waals surface area contributed by atoms with Crippen LogP contribution in [0.5, 0.6) is 0 Å². The predicted molar refractivity (Wildman–Crippen MR) is 68.3 cm³/mol. The molecule has 1 N–H and O–H groups in total. The zero-order chi connectivity index (χ0) is 13.1. The van der Waals surface area contributed by atoms with Crippen molar-refractivity contribution in [3.05, 3.63) is 28.5 Å². The van der Waals surface area contributed by atoms with Gasteiger partial charge in [0.15, 0.2) is 0 Å². The van der Waals surface area contributed by atoms with Crippen molar-refractivity contribution in [1.82, 2.24) is 10.3 Å². The molecule has 5 heteroatoms. The number of aromatic nitrogens is 1. The second kappa shape index (κ2) is 5.28. The number of rotatable bonds is 3. The smallest absolute Gasteiger partial charge is 0.254 e. The lowest BCUT2D eigenvalue weighted by atomic mass is 9.90. The summed E-state index contributed by atoms with van der Waals surface area (Å²) in [5.74, 6) is -0.270. The second-order valence-electron chi connectivity index (χ2n) is 4.31. The SMILES string of the molecule is CC(C)C(C)(C#N)NC(=O)c1cncc(Br)c1. The van der Waals surface area contributed by atoms with Gasteiger partial charge >= 0.3 is 0 Å². The van der Waals surface area contributed by atoms with Crippen LogP contribution in [-0.4, -0.2) is 16.4 Å². The fraction of sp³-hybridized carbons (Fsp3) is 0.417. The second-order valence-corrected chi connectivity index (χ2v) is 5.23. The van der Waals surface area contributed by atoms with Gasteiger partial charge in [0, 0.05) is 16.9 Å². The first-order valence-electron chi connectivity index (χ1n) is 5.23. The van der Waals surface area contributed by atoms with Crippen molar-refractivity contribution in [2.24, 2.45) is 5.92 Å². The third-order valence-electron chi connectivity index (χ3n) is 2.73. The molecule has 0 saturated heterocycles. The molecule has 0 bridgehead atoms. The topological polar surface area (TPSA) is 65.8 Å². The van der Waals surface area contributed by atoms with E-state index in [4.69, 9.17) is 5.26 Å². The van der Waals surface area contributed by atoms with Crippen molar-refractivity contribution in [3.63, 3.8) is 0 Å². The molecule has 0 spiro atoms. The van der Waals surface area contributed by atoms with E-state index >= 15 is 0 Å². The van der Waals surface area contributed by atoms with Crippen molar-refractivity contribution in [3.8, 4) is 6.07 Å². The van der Waals surface area contributed by atoms with Gasteiger partial charge in [-0.3, -0.25) is 9.78 Å². The molecule has 0 radical (unpaired) electrons. The summed E-state index contributed by atoms with van der Waals surface area (Å²) in [4.78, 5) is 15.9. The molecule has 0 aliphatic heterocycles. The van der Waals surface area contributed by atoms with E-state index in [-0.39, 0.29) is 11.8 Å². The first kappa shape index (κ1) is 13.7. The highest BCUT2D eigenvalue weighted by Gasteiger charge is 2.30. The van der Waals surface area contributed by atoms with Gasteiger partial charge < -0.3 is 5.32 Å². The van der Waals surface area contributed by atoms with E-state index < -0.39 is 5.54 Å². The van der Waals surface area contributed by atoms with E-state index in [0.717, 1.165) is 4.47 Å². The fourth-order valence-electron chi connectivity index (χ4n) is 1.15.